The monoisotopic (exact) mass is 305 g/mol. The SMILES string of the molecule is CCCCN1C[C@H]2C[C@H](c3ccccc3)C=C[C@@H]2S1(=O)=O. The van der Waals surface area contributed by atoms with E-state index in [0.29, 0.717) is 19.0 Å². The van der Waals surface area contributed by atoms with Gasteiger partial charge in [0.1, 0.15) is 0 Å². The minimum absolute atomic E-state index is 0.238. The van der Waals surface area contributed by atoms with E-state index in [-0.39, 0.29) is 11.2 Å². The molecule has 0 aromatic heterocycles. The van der Waals surface area contributed by atoms with Crippen LogP contribution in [0.2, 0.25) is 0 Å². The van der Waals surface area contributed by atoms with Crippen LogP contribution in [-0.4, -0.2) is 31.1 Å². The quantitative estimate of drug-likeness (QED) is 0.801. The first-order chi connectivity index (χ1) is 10.1. The third-order valence-corrected chi connectivity index (χ3v) is 6.97. The third kappa shape index (κ3) is 2.79. The Morgan fingerprint density at radius 1 is 1.19 bits per heavy atom. The molecule has 1 fully saturated rings. The maximum absolute atomic E-state index is 12.6. The molecule has 1 aliphatic heterocycles. The second-order valence-electron chi connectivity index (χ2n) is 6.12. The zero-order valence-electron chi connectivity index (χ0n) is 12.5. The van der Waals surface area contributed by atoms with E-state index in [1.165, 1.54) is 5.56 Å². The third-order valence-electron chi connectivity index (χ3n) is 4.69. The van der Waals surface area contributed by atoms with Crippen LogP contribution < -0.4 is 0 Å². The Balaban J connectivity index is 1.79. The van der Waals surface area contributed by atoms with Gasteiger partial charge in [0.25, 0.3) is 0 Å². The van der Waals surface area contributed by atoms with E-state index in [0.717, 1.165) is 19.3 Å². The van der Waals surface area contributed by atoms with Crippen LogP contribution in [0.15, 0.2) is 42.5 Å². The number of unbranched alkanes of at least 4 members (excludes halogenated alkanes) is 1. The molecule has 21 heavy (non-hydrogen) atoms. The number of sulfonamides is 1. The van der Waals surface area contributed by atoms with E-state index in [4.69, 9.17) is 0 Å². The van der Waals surface area contributed by atoms with Crippen LogP contribution in [0.1, 0.15) is 37.7 Å². The molecule has 3 nitrogen and oxygen atoms in total. The van der Waals surface area contributed by atoms with Crippen molar-refractivity contribution in [3.63, 3.8) is 0 Å². The molecular formula is C17H23NO2S. The van der Waals surface area contributed by atoms with Gasteiger partial charge in [-0.2, -0.15) is 0 Å². The first-order valence-corrected chi connectivity index (χ1v) is 9.35. The molecule has 114 valence electrons. The van der Waals surface area contributed by atoms with Gasteiger partial charge in [0.2, 0.25) is 10.0 Å². The van der Waals surface area contributed by atoms with Crippen molar-refractivity contribution in [2.75, 3.05) is 13.1 Å². The number of rotatable bonds is 4. The van der Waals surface area contributed by atoms with Gasteiger partial charge < -0.3 is 0 Å². The molecule has 0 bridgehead atoms. The first kappa shape index (κ1) is 14.8. The molecule has 1 heterocycles. The van der Waals surface area contributed by atoms with Crippen molar-refractivity contribution in [1.82, 2.24) is 4.31 Å². The second kappa shape index (κ2) is 5.93. The van der Waals surface area contributed by atoms with Crippen molar-refractivity contribution in [2.24, 2.45) is 5.92 Å². The van der Waals surface area contributed by atoms with E-state index in [1.807, 2.05) is 24.3 Å². The lowest BCUT2D eigenvalue weighted by molar-refractivity contribution is 0.368. The Bertz CT molecular complexity index is 609. The van der Waals surface area contributed by atoms with Gasteiger partial charge in [0.05, 0.1) is 5.25 Å². The maximum atomic E-state index is 12.6. The summed E-state index contributed by atoms with van der Waals surface area (Å²) in [6.07, 6.45) is 6.95. The fourth-order valence-corrected chi connectivity index (χ4v) is 5.60. The molecule has 0 unspecified atom stereocenters. The highest BCUT2D eigenvalue weighted by Gasteiger charge is 2.46. The fourth-order valence-electron chi connectivity index (χ4n) is 3.50. The number of benzene rings is 1. The Morgan fingerprint density at radius 3 is 2.67 bits per heavy atom. The lowest BCUT2D eigenvalue weighted by Crippen LogP contribution is -2.30. The van der Waals surface area contributed by atoms with E-state index >= 15 is 0 Å². The molecule has 0 radical (unpaired) electrons. The summed E-state index contributed by atoms with van der Waals surface area (Å²) in [6.45, 7) is 3.47. The Hall–Kier alpha value is -1.13. The van der Waals surface area contributed by atoms with Crippen LogP contribution in [0.5, 0.6) is 0 Å². The standard InChI is InChI=1S/C17H23NO2S/c1-2-3-11-18-13-16-12-15(14-7-5-4-6-8-14)9-10-17(16)21(18,19)20/h4-10,15-17H,2-3,11-13H2,1H3/t15-,16-,17+/m1/s1. The molecule has 0 N–H and O–H groups in total. The van der Waals surface area contributed by atoms with Crippen LogP contribution >= 0.6 is 0 Å². The first-order valence-electron chi connectivity index (χ1n) is 7.85. The molecule has 0 spiro atoms. The van der Waals surface area contributed by atoms with Crippen molar-refractivity contribution in [3.8, 4) is 0 Å². The molecule has 0 saturated carbocycles. The molecule has 1 aliphatic carbocycles. The minimum atomic E-state index is -3.12. The number of hydrogen-bond acceptors (Lipinski definition) is 2. The van der Waals surface area contributed by atoms with Gasteiger partial charge in [0, 0.05) is 19.0 Å². The highest BCUT2D eigenvalue weighted by molar-refractivity contribution is 7.90. The average molecular weight is 305 g/mol. The van der Waals surface area contributed by atoms with Crippen LogP contribution in [0.25, 0.3) is 0 Å². The van der Waals surface area contributed by atoms with Crippen LogP contribution in [0.4, 0.5) is 0 Å². The zero-order chi connectivity index (χ0) is 14.9. The van der Waals surface area contributed by atoms with Gasteiger partial charge in [-0.3, -0.25) is 0 Å². The largest absolute Gasteiger partial charge is 0.220 e. The minimum Gasteiger partial charge on any atom is -0.212 e. The predicted molar refractivity (Wildman–Crippen MR) is 85.6 cm³/mol. The molecular weight excluding hydrogens is 282 g/mol. The zero-order valence-corrected chi connectivity index (χ0v) is 13.3. The summed E-state index contributed by atoms with van der Waals surface area (Å²) in [6, 6.07) is 10.4. The Morgan fingerprint density at radius 2 is 1.95 bits per heavy atom. The van der Waals surface area contributed by atoms with Gasteiger partial charge in [-0.15, -0.1) is 0 Å². The number of fused-ring (bicyclic) bond motifs is 1. The molecule has 4 heteroatoms. The van der Waals surface area contributed by atoms with Crippen molar-refractivity contribution in [3.05, 3.63) is 48.0 Å². The number of allylic oxidation sites excluding steroid dienone is 1. The van der Waals surface area contributed by atoms with Gasteiger partial charge in [0.15, 0.2) is 0 Å². The molecule has 1 aromatic rings. The van der Waals surface area contributed by atoms with Crippen LogP contribution in [0.3, 0.4) is 0 Å². The summed E-state index contributed by atoms with van der Waals surface area (Å²) in [7, 11) is -3.12. The molecule has 3 atom stereocenters. The van der Waals surface area contributed by atoms with Crippen molar-refractivity contribution in [1.29, 1.82) is 0 Å². The average Bonchev–Trinajstić information content (AvgIpc) is 2.76. The fraction of sp³-hybridized carbons (Fsp3) is 0.529. The van der Waals surface area contributed by atoms with E-state index in [9.17, 15) is 8.42 Å². The summed E-state index contributed by atoms with van der Waals surface area (Å²) in [5.41, 5.74) is 1.29. The topological polar surface area (TPSA) is 37.4 Å². The summed E-state index contributed by atoms with van der Waals surface area (Å²) >= 11 is 0. The lowest BCUT2D eigenvalue weighted by atomic mass is 9.82. The summed E-state index contributed by atoms with van der Waals surface area (Å²) in [5.74, 6) is 0.593. The summed E-state index contributed by atoms with van der Waals surface area (Å²) in [4.78, 5) is 0. The predicted octanol–water partition coefficient (Wildman–Crippen LogP) is 3.16. The van der Waals surface area contributed by atoms with Gasteiger partial charge >= 0.3 is 0 Å². The van der Waals surface area contributed by atoms with Gasteiger partial charge in [-0.05, 0) is 24.3 Å². The van der Waals surface area contributed by atoms with Crippen molar-refractivity contribution < 1.29 is 8.42 Å². The van der Waals surface area contributed by atoms with Gasteiger partial charge in [-0.25, -0.2) is 12.7 Å². The summed E-state index contributed by atoms with van der Waals surface area (Å²) in [5, 5.41) is -0.297. The number of nitrogens with zero attached hydrogens (tertiary/aromatic N) is 1. The second-order valence-corrected chi connectivity index (χ2v) is 8.21. The van der Waals surface area contributed by atoms with E-state index in [2.05, 4.69) is 25.1 Å². The highest BCUT2D eigenvalue weighted by Crippen LogP contribution is 2.40. The van der Waals surface area contributed by atoms with E-state index < -0.39 is 10.0 Å². The highest BCUT2D eigenvalue weighted by atomic mass is 32.2. The number of hydrogen-bond donors (Lipinski definition) is 0. The lowest BCUT2D eigenvalue weighted by Gasteiger charge is -2.24. The summed E-state index contributed by atoms with van der Waals surface area (Å²) < 4.78 is 26.8. The normalized spacial score (nSPS) is 31.2. The van der Waals surface area contributed by atoms with Crippen LogP contribution in [0, 0.1) is 5.92 Å². The smallest absolute Gasteiger partial charge is 0.212 e. The van der Waals surface area contributed by atoms with Crippen molar-refractivity contribution in [2.45, 2.75) is 37.4 Å². The van der Waals surface area contributed by atoms with E-state index in [1.54, 1.807) is 4.31 Å². The molecule has 3 rings (SSSR count). The Labute approximate surface area is 127 Å². The molecule has 2 aliphatic rings. The van der Waals surface area contributed by atoms with Gasteiger partial charge in [-0.1, -0.05) is 55.8 Å². The molecule has 0 amide bonds. The molecule has 1 aromatic carbocycles. The molecule has 1 saturated heterocycles. The Kier molecular flexibility index (Phi) is 4.18. The van der Waals surface area contributed by atoms with Crippen molar-refractivity contribution >= 4 is 10.0 Å². The maximum Gasteiger partial charge on any atom is 0.220 e. The van der Waals surface area contributed by atoms with Crippen LogP contribution in [-0.2, 0) is 10.0 Å².